The fraction of sp³-hybridized carbons (Fsp3) is 0.300. The molecule has 2 aromatic carbocycles. The van der Waals surface area contributed by atoms with E-state index in [4.69, 9.17) is 0 Å². The summed E-state index contributed by atoms with van der Waals surface area (Å²) in [6, 6.07) is 15.1. The highest BCUT2D eigenvalue weighted by Crippen LogP contribution is 2.15. The van der Waals surface area contributed by atoms with E-state index in [9.17, 15) is 0 Å². The molecule has 0 saturated heterocycles. The standard InChI is InChI=1S/C20H24N4S/c1-15-24-19(14-25-15)10-12-23-20(21-2)22-11-9-16-7-8-17-5-3-4-6-18(17)13-16/h3-8,13-14H,9-12H2,1-2H3,(H2,21,22,23). The molecule has 0 aliphatic carbocycles. The number of aromatic nitrogens is 1. The average Bonchev–Trinajstić information content (AvgIpc) is 3.05. The Labute approximate surface area is 153 Å². The molecule has 4 nitrogen and oxygen atoms in total. The molecule has 2 N–H and O–H groups in total. The molecule has 5 heteroatoms. The van der Waals surface area contributed by atoms with E-state index in [1.807, 2.05) is 6.92 Å². The Morgan fingerprint density at radius 1 is 1.04 bits per heavy atom. The van der Waals surface area contributed by atoms with Gasteiger partial charge in [-0.25, -0.2) is 4.98 Å². The maximum atomic E-state index is 4.48. The number of fused-ring (bicyclic) bond motifs is 1. The lowest BCUT2D eigenvalue weighted by Crippen LogP contribution is -2.39. The van der Waals surface area contributed by atoms with Crippen LogP contribution in [0.25, 0.3) is 10.8 Å². The number of hydrogen-bond donors (Lipinski definition) is 2. The van der Waals surface area contributed by atoms with Gasteiger partial charge < -0.3 is 10.6 Å². The van der Waals surface area contributed by atoms with Crippen LogP contribution in [0.15, 0.2) is 52.8 Å². The summed E-state index contributed by atoms with van der Waals surface area (Å²) in [4.78, 5) is 8.76. The number of aryl methyl sites for hydroxylation is 1. The van der Waals surface area contributed by atoms with Gasteiger partial charge >= 0.3 is 0 Å². The predicted molar refractivity (Wildman–Crippen MR) is 108 cm³/mol. The molecule has 25 heavy (non-hydrogen) atoms. The van der Waals surface area contributed by atoms with Crippen molar-refractivity contribution >= 4 is 28.1 Å². The molecule has 0 aliphatic rings. The predicted octanol–water partition coefficient (Wildman–Crippen LogP) is 3.55. The van der Waals surface area contributed by atoms with Crippen molar-refractivity contribution in [2.75, 3.05) is 20.1 Å². The molecule has 3 rings (SSSR count). The summed E-state index contributed by atoms with van der Waals surface area (Å²) in [6.45, 7) is 3.72. The second-order valence-corrected chi connectivity index (χ2v) is 7.03. The van der Waals surface area contributed by atoms with Crippen LogP contribution in [-0.2, 0) is 12.8 Å². The quantitative estimate of drug-likeness (QED) is 0.527. The van der Waals surface area contributed by atoms with E-state index < -0.39 is 0 Å². The molecule has 0 saturated carbocycles. The number of thiazole rings is 1. The normalized spacial score (nSPS) is 11.7. The van der Waals surface area contributed by atoms with Crippen LogP contribution >= 0.6 is 11.3 Å². The van der Waals surface area contributed by atoms with Crippen molar-refractivity contribution in [1.29, 1.82) is 0 Å². The van der Waals surface area contributed by atoms with Crippen molar-refractivity contribution in [3.05, 3.63) is 64.1 Å². The second-order valence-electron chi connectivity index (χ2n) is 5.97. The number of guanidine groups is 1. The largest absolute Gasteiger partial charge is 0.356 e. The fourth-order valence-corrected chi connectivity index (χ4v) is 3.42. The first-order chi connectivity index (χ1) is 12.2. The molecule has 130 valence electrons. The van der Waals surface area contributed by atoms with E-state index in [0.29, 0.717) is 0 Å². The Hall–Kier alpha value is -2.40. The summed E-state index contributed by atoms with van der Waals surface area (Å²) in [5, 5.41) is 12.5. The van der Waals surface area contributed by atoms with Gasteiger partial charge in [0.15, 0.2) is 5.96 Å². The molecule has 1 aromatic heterocycles. The van der Waals surface area contributed by atoms with Gasteiger partial charge in [0.05, 0.1) is 10.7 Å². The topological polar surface area (TPSA) is 49.3 Å². The first-order valence-electron chi connectivity index (χ1n) is 8.58. The van der Waals surface area contributed by atoms with Crippen LogP contribution in [0.5, 0.6) is 0 Å². The third kappa shape index (κ3) is 5.03. The van der Waals surface area contributed by atoms with E-state index in [-0.39, 0.29) is 0 Å². The molecule has 0 radical (unpaired) electrons. The molecule has 0 fully saturated rings. The van der Waals surface area contributed by atoms with E-state index in [1.165, 1.54) is 16.3 Å². The average molecular weight is 353 g/mol. The monoisotopic (exact) mass is 352 g/mol. The lowest BCUT2D eigenvalue weighted by atomic mass is 10.1. The Bertz CT molecular complexity index is 854. The van der Waals surface area contributed by atoms with Crippen LogP contribution in [-0.4, -0.2) is 31.1 Å². The van der Waals surface area contributed by atoms with E-state index in [0.717, 1.165) is 42.6 Å². The van der Waals surface area contributed by atoms with E-state index in [2.05, 4.69) is 68.5 Å². The molecule has 3 aromatic rings. The minimum absolute atomic E-state index is 0.832. The summed E-state index contributed by atoms with van der Waals surface area (Å²) in [5.41, 5.74) is 2.47. The summed E-state index contributed by atoms with van der Waals surface area (Å²) < 4.78 is 0. The van der Waals surface area contributed by atoms with Gasteiger partial charge in [0.1, 0.15) is 0 Å². The lowest BCUT2D eigenvalue weighted by Gasteiger charge is -2.11. The summed E-state index contributed by atoms with van der Waals surface area (Å²) in [6.07, 6.45) is 1.88. The SMILES string of the molecule is CN=C(NCCc1ccc2ccccc2c1)NCCc1csc(C)n1. The van der Waals surface area contributed by atoms with Crippen LogP contribution in [0.1, 0.15) is 16.3 Å². The van der Waals surface area contributed by atoms with Crippen molar-refractivity contribution in [2.45, 2.75) is 19.8 Å². The minimum atomic E-state index is 0.832. The van der Waals surface area contributed by atoms with Crippen LogP contribution in [0.3, 0.4) is 0 Å². The summed E-state index contributed by atoms with van der Waals surface area (Å²) in [7, 11) is 1.80. The third-order valence-corrected chi connectivity index (χ3v) is 4.91. The van der Waals surface area contributed by atoms with Gasteiger partial charge in [-0.2, -0.15) is 0 Å². The molecule has 0 amide bonds. The zero-order chi connectivity index (χ0) is 17.5. The maximum absolute atomic E-state index is 4.48. The lowest BCUT2D eigenvalue weighted by molar-refractivity contribution is 0.778. The molecule has 0 unspecified atom stereocenters. The molecule has 1 heterocycles. The Kier molecular flexibility index (Phi) is 6.01. The zero-order valence-corrected chi connectivity index (χ0v) is 15.6. The van der Waals surface area contributed by atoms with Gasteiger partial charge in [-0.3, -0.25) is 4.99 Å². The third-order valence-electron chi connectivity index (χ3n) is 4.08. The van der Waals surface area contributed by atoms with Crippen LogP contribution in [0.2, 0.25) is 0 Å². The number of nitrogens with zero attached hydrogens (tertiary/aromatic N) is 2. The Morgan fingerprint density at radius 2 is 1.80 bits per heavy atom. The molecular formula is C20H24N4S. The molecule has 0 aliphatic heterocycles. The van der Waals surface area contributed by atoms with Gasteiger partial charge in [0.25, 0.3) is 0 Å². The second kappa shape index (κ2) is 8.62. The minimum Gasteiger partial charge on any atom is -0.356 e. The maximum Gasteiger partial charge on any atom is 0.190 e. The van der Waals surface area contributed by atoms with Crippen molar-refractivity contribution < 1.29 is 0 Å². The van der Waals surface area contributed by atoms with Gasteiger partial charge in [-0.15, -0.1) is 11.3 Å². The number of nitrogens with one attached hydrogen (secondary N) is 2. The van der Waals surface area contributed by atoms with Crippen molar-refractivity contribution in [1.82, 2.24) is 15.6 Å². The van der Waals surface area contributed by atoms with Gasteiger partial charge in [0.2, 0.25) is 0 Å². The van der Waals surface area contributed by atoms with Gasteiger partial charge in [-0.1, -0.05) is 42.5 Å². The Morgan fingerprint density at radius 3 is 2.52 bits per heavy atom. The van der Waals surface area contributed by atoms with E-state index in [1.54, 1.807) is 18.4 Å². The number of hydrogen-bond acceptors (Lipinski definition) is 3. The van der Waals surface area contributed by atoms with Gasteiger partial charge in [0, 0.05) is 31.9 Å². The summed E-state index contributed by atoms with van der Waals surface area (Å²) >= 11 is 1.70. The highest BCUT2D eigenvalue weighted by molar-refractivity contribution is 7.09. The first kappa shape index (κ1) is 17.4. The van der Waals surface area contributed by atoms with Crippen molar-refractivity contribution in [2.24, 2.45) is 4.99 Å². The molecular weight excluding hydrogens is 328 g/mol. The smallest absolute Gasteiger partial charge is 0.190 e. The molecule has 0 bridgehead atoms. The Balaban J connectivity index is 1.44. The zero-order valence-electron chi connectivity index (χ0n) is 14.7. The molecule has 0 atom stereocenters. The van der Waals surface area contributed by atoms with E-state index >= 15 is 0 Å². The highest BCUT2D eigenvalue weighted by Gasteiger charge is 2.01. The first-order valence-corrected chi connectivity index (χ1v) is 9.46. The van der Waals surface area contributed by atoms with Crippen molar-refractivity contribution in [3.8, 4) is 0 Å². The molecule has 0 spiro atoms. The fourth-order valence-electron chi connectivity index (χ4n) is 2.77. The van der Waals surface area contributed by atoms with Gasteiger partial charge in [-0.05, 0) is 29.7 Å². The van der Waals surface area contributed by atoms with Crippen molar-refractivity contribution in [3.63, 3.8) is 0 Å². The highest BCUT2D eigenvalue weighted by atomic mass is 32.1. The number of aliphatic imine (C=N–C) groups is 1. The number of benzene rings is 2. The van der Waals surface area contributed by atoms with Crippen LogP contribution < -0.4 is 10.6 Å². The van der Waals surface area contributed by atoms with Crippen LogP contribution in [0.4, 0.5) is 0 Å². The summed E-state index contributed by atoms with van der Waals surface area (Å²) in [5.74, 6) is 0.841. The number of rotatable bonds is 6. The van der Waals surface area contributed by atoms with Crippen LogP contribution in [0, 0.1) is 6.92 Å².